The summed E-state index contributed by atoms with van der Waals surface area (Å²) < 4.78 is 11.4. The van der Waals surface area contributed by atoms with Gasteiger partial charge in [-0.05, 0) is 24.3 Å². The van der Waals surface area contributed by atoms with E-state index < -0.39 is 0 Å². The number of nitrogens with one attached hydrogen (secondary N) is 1. The Morgan fingerprint density at radius 3 is 2.80 bits per heavy atom. The smallest absolute Gasteiger partial charge is 0.230 e. The lowest BCUT2D eigenvalue weighted by Crippen LogP contribution is -2.15. The summed E-state index contributed by atoms with van der Waals surface area (Å²) in [5.74, 6) is 0.400. The molecule has 5 aromatic rings. The van der Waals surface area contributed by atoms with Crippen LogP contribution in [0.4, 0.5) is 5.69 Å². The van der Waals surface area contributed by atoms with Crippen molar-refractivity contribution in [3.63, 3.8) is 0 Å². The molecule has 0 radical (unpaired) electrons. The van der Waals surface area contributed by atoms with Crippen LogP contribution >= 0.6 is 11.3 Å². The Morgan fingerprint density at radius 2 is 1.97 bits per heavy atom. The fourth-order valence-electron chi connectivity index (χ4n) is 3.37. The summed E-state index contributed by atoms with van der Waals surface area (Å²) in [6, 6.07) is 17.2. The van der Waals surface area contributed by atoms with Gasteiger partial charge < -0.3 is 14.5 Å². The SMILES string of the molecule is COc1cc2c(cc1NC(=O)Cc1csc(-c3ccccn3)n1)oc1ccccc12. The molecule has 0 spiro atoms. The molecule has 0 saturated heterocycles. The number of pyridine rings is 1. The number of fused-ring (bicyclic) bond motifs is 3. The number of anilines is 1. The summed E-state index contributed by atoms with van der Waals surface area (Å²) in [5, 5.41) is 7.54. The van der Waals surface area contributed by atoms with Crippen LogP contribution in [0.15, 0.2) is 70.6 Å². The molecule has 7 heteroatoms. The average molecular weight is 415 g/mol. The van der Waals surface area contributed by atoms with Crippen molar-refractivity contribution in [1.82, 2.24) is 9.97 Å². The van der Waals surface area contributed by atoms with E-state index >= 15 is 0 Å². The number of benzene rings is 2. The molecule has 0 bridgehead atoms. The number of carbonyl (C=O) groups excluding carboxylic acids is 1. The molecule has 30 heavy (non-hydrogen) atoms. The summed E-state index contributed by atoms with van der Waals surface area (Å²) in [4.78, 5) is 21.5. The van der Waals surface area contributed by atoms with E-state index in [1.165, 1.54) is 11.3 Å². The molecular weight excluding hydrogens is 398 g/mol. The van der Waals surface area contributed by atoms with Crippen LogP contribution < -0.4 is 10.1 Å². The van der Waals surface area contributed by atoms with Crippen molar-refractivity contribution in [3.8, 4) is 16.5 Å². The van der Waals surface area contributed by atoms with Crippen molar-refractivity contribution in [2.75, 3.05) is 12.4 Å². The van der Waals surface area contributed by atoms with E-state index in [1.54, 1.807) is 19.4 Å². The topological polar surface area (TPSA) is 77.2 Å². The number of hydrogen-bond donors (Lipinski definition) is 1. The van der Waals surface area contributed by atoms with Gasteiger partial charge in [0.15, 0.2) is 0 Å². The second kappa shape index (κ2) is 7.61. The van der Waals surface area contributed by atoms with Crippen molar-refractivity contribution < 1.29 is 13.9 Å². The molecule has 0 atom stereocenters. The highest BCUT2D eigenvalue weighted by Gasteiger charge is 2.15. The van der Waals surface area contributed by atoms with Crippen molar-refractivity contribution in [1.29, 1.82) is 0 Å². The third-order valence-corrected chi connectivity index (χ3v) is 5.66. The predicted octanol–water partition coefficient (Wildman–Crippen LogP) is 5.29. The summed E-state index contributed by atoms with van der Waals surface area (Å²) in [6.07, 6.45) is 1.88. The average Bonchev–Trinajstić information content (AvgIpc) is 3.37. The van der Waals surface area contributed by atoms with Crippen molar-refractivity contribution >= 4 is 44.9 Å². The van der Waals surface area contributed by atoms with E-state index in [0.717, 1.165) is 27.1 Å². The zero-order valence-corrected chi connectivity index (χ0v) is 16.9. The van der Waals surface area contributed by atoms with Gasteiger partial charge in [-0.3, -0.25) is 9.78 Å². The Bertz CT molecular complexity index is 1360. The number of para-hydroxylation sites is 1. The Kier molecular flexibility index (Phi) is 4.65. The van der Waals surface area contributed by atoms with Crippen LogP contribution in [0.1, 0.15) is 5.69 Å². The van der Waals surface area contributed by atoms with Crippen molar-refractivity contribution in [2.24, 2.45) is 0 Å². The molecule has 6 nitrogen and oxygen atoms in total. The van der Waals surface area contributed by atoms with Crippen LogP contribution in [0.5, 0.6) is 5.75 Å². The maximum Gasteiger partial charge on any atom is 0.230 e. The quantitative estimate of drug-likeness (QED) is 0.422. The number of thiazole rings is 1. The van der Waals surface area contributed by atoms with Gasteiger partial charge in [-0.15, -0.1) is 11.3 Å². The lowest BCUT2D eigenvalue weighted by molar-refractivity contribution is -0.115. The van der Waals surface area contributed by atoms with Crippen LogP contribution in [-0.2, 0) is 11.2 Å². The molecule has 3 aromatic heterocycles. The molecule has 3 heterocycles. The molecule has 1 N–H and O–H groups in total. The second-order valence-corrected chi connectivity index (χ2v) is 7.59. The summed E-state index contributed by atoms with van der Waals surface area (Å²) in [5.41, 5.74) is 3.54. The van der Waals surface area contributed by atoms with Crippen molar-refractivity contribution in [2.45, 2.75) is 6.42 Å². The minimum atomic E-state index is -0.179. The Morgan fingerprint density at radius 1 is 1.10 bits per heavy atom. The number of amides is 1. The minimum absolute atomic E-state index is 0.157. The molecule has 2 aromatic carbocycles. The number of furan rings is 1. The largest absolute Gasteiger partial charge is 0.495 e. The summed E-state index contributed by atoms with van der Waals surface area (Å²) >= 11 is 1.47. The molecule has 5 rings (SSSR count). The molecule has 0 aliphatic carbocycles. The Hall–Kier alpha value is -3.71. The van der Waals surface area contributed by atoms with Crippen LogP contribution in [-0.4, -0.2) is 23.0 Å². The Labute approximate surface area is 176 Å². The van der Waals surface area contributed by atoms with E-state index in [0.29, 0.717) is 22.7 Å². The maximum absolute atomic E-state index is 12.7. The van der Waals surface area contributed by atoms with E-state index in [1.807, 2.05) is 53.9 Å². The molecule has 0 fully saturated rings. The van der Waals surface area contributed by atoms with Gasteiger partial charge in [-0.2, -0.15) is 0 Å². The van der Waals surface area contributed by atoms with Gasteiger partial charge in [0.2, 0.25) is 5.91 Å². The zero-order chi connectivity index (χ0) is 20.5. The molecule has 1 amide bonds. The first-order valence-corrected chi connectivity index (χ1v) is 10.2. The first-order valence-electron chi connectivity index (χ1n) is 9.36. The monoisotopic (exact) mass is 415 g/mol. The number of nitrogens with zero attached hydrogens (tertiary/aromatic N) is 2. The maximum atomic E-state index is 12.7. The van der Waals surface area contributed by atoms with E-state index in [9.17, 15) is 4.79 Å². The minimum Gasteiger partial charge on any atom is -0.495 e. The van der Waals surface area contributed by atoms with Gasteiger partial charge >= 0.3 is 0 Å². The van der Waals surface area contributed by atoms with Crippen LogP contribution in [0, 0.1) is 0 Å². The van der Waals surface area contributed by atoms with Crippen LogP contribution in [0.25, 0.3) is 32.6 Å². The molecular formula is C23H17N3O3S. The highest BCUT2D eigenvalue weighted by Crippen LogP contribution is 2.36. The molecule has 0 unspecified atom stereocenters. The van der Waals surface area contributed by atoms with Crippen molar-refractivity contribution in [3.05, 3.63) is 71.9 Å². The number of hydrogen-bond acceptors (Lipinski definition) is 6. The number of rotatable bonds is 5. The second-order valence-electron chi connectivity index (χ2n) is 6.73. The fourth-order valence-corrected chi connectivity index (χ4v) is 4.17. The third-order valence-electron chi connectivity index (χ3n) is 4.75. The molecule has 0 aliphatic heterocycles. The van der Waals surface area contributed by atoms with Gasteiger partial charge in [-0.1, -0.05) is 24.3 Å². The van der Waals surface area contributed by atoms with Gasteiger partial charge in [0.05, 0.1) is 30.6 Å². The van der Waals surface area contributed by atoms with Crippen LogP contribution in [0.2, 0.25) is 0 Å². The molecule has 0 saturated carbocycles. The third kappa shape index (κ3) is 3.40. The first kappa shape index (κ1) is 18.3. The van der Waals surface area contributed by atoms with Gasteiger partial charge in [0.25, 0.3) is 0 Å². The number of methoxy groups -OCH3 is 1. The van der Waals surface area contributed by atoms with Gasteiger partial charge in [0, 0.05) is 28.4 Å². The van der Waals surface area contributed by atoms with E-state index in [-0.39, 0.29) is 12.3 Å². The number of aromatic nitrogens is 2. The number of ether oxygens (including phenoxy) is 1. The predicted molar refractivity (Wildman–Crippen MR) is 118 cm³/mol. The highest BCUT2D eigenvalue weighted by molar-refractivity contribution is 7.13. The summed E-state index contributed by atoms with van der Waals surface area (Å²) in [7, 11) is 1.58. The normalized spacial score (nSPS) is 11.1. The highest BCUT2D eigenvalue weighted by atomic mass is 32.1. The molecule has 148 valence electrons. The first-order chi connectivity index (χ1) is 14.7. The van der Waals surface area contributed by atoms with E-state index in [4.69, 9.17) is 9.15 Å². The lowest BCUT2D eigenvalue weighted by Gasteiger charge is -2.10. The van der Waals surface area contributed by atoms with E-state index in [2.05, 4.69) is 15.3 Å². The van der Waals surface area contributed by atoms with Gasteiger partial charge in [0.1, 0.15) is 21.9 Å². The zero-order valence-electron chi connectivity index (χ0n) is 16.1. The fraction of sp³-hybridized carbons (Fsp3) is 0.0870. The van der Waals surface area contributed by atoms with Crippen LogP contribution in [0.3, 0.4) is 0 Å². The Balaban J connectivity index is 1.39. The molecule has 0 aliphatic rings. The number of carbonyl (C=O) groups is 1. The van der Waals surface area contributed by atoms with Gasteiger partial charge in [-0.25, -0.2) is 4.98 Å². The summed E-state index contributed by atoms with van der Waals surface area (Å²) in [6.45, 7) is 0. The lowest BCUT2D eigenvalue weighted by atomic mass is 10.1. The standard InChI is InChI=1S/C23H17N3O3S/c1-28-21-11-16-15-6-2-3-8-19(15)29-20(16)12-18(21)26-22(27)10-14-13-30-23(25-14)17-7-4-5-9-24-17/h2-9,11-13H,10H2,1H3,(H,26,27).